The molecule has 184 valence electrons. The van der Waals surface area contributed by atoms with Crippen molar-refractivity contribution in [1.29, 1.82) is 5.26 Å². The van der Waals surface area contributed by atoms with Gasteiger partial charge < -0.3 is 9.64 Å². The third-order valence-electron chi connectivity index (χ3n) is 7.29. The fraction of sp³-hybridized carbons (Fsp3) is 0.481. The fourth-order valence-electron chi connectivity index (χ4n) is 5.29. The topological polar surface area (TPSA) is 87.3 Å². The second kappa shape index (κ2) is 10.4. The van der Waals surface area contributed by atoms with E-state index in [1.165, 1.54) is 10.1 Å². The van der Waals surface area contributed by atoms with Gasteiger partial charge in [0, 0.05) is 38.3 Å². The molecule has 8 heteroatoms. The zero-order valence-electron chi connectivity index (χ0n) is 21.2. The Morgan fingerprint density at radius 3 is 2.37 bits per heavy atom. The Hall–Kier alpha value is -3.44. The van der Waals surface area contributed by atoms with Crippen LogP contribution in [0.15, 0.2) is 41.2 Å². The molecule has 0 bridgehead atoms. The van der Waals surface area contributed by atoms with E-state index >= 15 is 0 Å². The predicted octanol–water partition coefficient (Wildman–Crippen LogP) is 4.04. The molecule has 3 atom stereocenters. The molecule has 8 nitrogen and oxygen atoms in total. The van der Waals surface area contributed by atoms with Gasteiger partial charge in [0.05, 0.1) is 12.6 Å². The van der Waals surface area contributed by atoms with E-state index in [1.54, 1.807) is 26.3 Å². The smallest absolute Gasteiger partial charge is 0.349 e. The number of fused-ring (bicyclic) bond motifs is 1. The number of hydrogen-bond donors (Lipinski definition) is 0. The Morgan fingerprint density at radius 1 is 1.06 bits per heavy atom. The van der Waals surface area contributed by atoms with Gasteiger partial charge in [0.1, 0.15) is 23.0 Å². The molecule has 2 unspecified atom stereocenters. The molecule has 35 heavy (non-hydrogen) atoms. The average Bonchev–Trinajstić information content (AvgIpc) is 2.90. The van der Waals surface area contributed by atoms with Crippen LogP contribution in [0.4, 0.5) is 5.82 Å². The largest absolute Gasteiger partial charge is 0.497 e. The SMILES string of the molecule is CCC1CN(C(CC)c2ccc(OC)cc2)[C@H](CC)CN1c1nc(=O)n(C)c2ccc(C#N)nc12. The summed E-state index contributed by atoms with van der Waals surface area (Å²) in [6.07, 6.45) is 2.88. The number of aryl methyl sites for hydroxylation is 1. The van der Waals surface area contributed by atoms with E-state index in [9.17, 15) is 10.1 Å². The highest BCUT2D eigenvalue weighted by Crippen LogP contribution is 2.35. The Kier molecular flexibility index (Phi) is 7.37. The lowest BCUT2D eigenvalue weighted by atomic mass is 9.95. The Balaban J connectivity index is 1.75. The summed E-state index contributed by atoms with van der Waals surface area (Å²) in [5.41, 5.74) is 2.59. The van der Waals surface area contributed by atoms with Crippen LogP contribution in [-0.4, -0.2) is 51.7 Å². The van der Waals surface area contributed by atoms with Crippen molar-refractivity contribution in [3.63, 3.8) is 0 Å². The van der Waals surface area contributed by atoms with E-state index < -0.39 is 0 Å². The first-order valence-corrected chi connectivity index (χ1v) is 12.4. The first-order valence-electron chi connectivity index (χ1n) is 12.4. The van der Waals surface area contributed by atoms with Crippen molar-refractivity contribution in [2.75, 3.05) is 25.1 Å². The molecule has 0 radical (unpaired) electrons. The van der Waals surface area contributed by atoms with E-state index in [2.05, 4.69) is 58.7 Å². The van der Waals surface area contributed by atoms with Gasteiger partial charge in [-0.1, -0.05) is 32.9 Å². The quantitative estimate of drug-likeness (QED) is 0.511. The molecule has 3 heterocycles. The molecular weight excluding hydrogens is 440 g/mol. The summed E-state index contributed by atoms with van der Waals surface area (Å²) in [5, 5.41) is 9.44. The zero-order chi connectivity index (χ0) is 25.1. The highest BCUT2D eigenvalue weighted by Gasteiger charge is 2.37. The van der Waals surface area contributed by atoms with Crippen LogP contribution in [0.25, 0.3) is 11.0 Å². The molecule has 1 aromatic carbocycles. The standard InChI is InChI=1S/C27H34N6O2/c1-6-20-17-33(26-25-24(31(4)27(34)30-26)14-11-19(15-28)29-25)21(7-2)16-32(20)23(8-3)18-9-12-22(35-5)13-10-18/h9-14,20-21,23H,6-8,16-17H2,1-5H3/t20-,21?,23?/m1/s1. The highest BCUT2D eigenvalue weighted by atomic mass is 16.5. The molecule has 2 aromatic heterocycles. The van der Waals surface area contributed by atoms with E-state index in [0.717, 1.165) is 38.1 Å². The van der Waals surface area contributed by atoms with Crippen molar-refractivity contribution < 1.29 is 4.74 Å². The Morgan fingerprint density at radius 2 is 1.77 bits per heavy atom. The second-order valence-electron chi connectivity index (χ2n) is 9.12. The van der Waals surface area contributed by atoms with Gasteiger partial charge in [-0.25, -0.2) is 9.78 Å². The van der Waals surface area contributed by atoms with Crippen molar-refractivity contribution in [3.8, 4) is 11.8 Å². The van der Waals surface area contributed by atoms with Crippen molar-refractivity contribution in [1.82, 2.24) is 19.4 Å². The van der Waals surface area contributed by atoms with Crippen LogP contribution in [0.1, 0.15) is 57.3 Å². The lowest BCUT2D eigenvalue weighted by molar-refractivity contribution is 0.0895. The number of benzene rings is 1. The molecule has 1 fully saturated rings. The summed E-state index contributed by atoms with van der Waals surface area (Å²) in [7, 11) is 3.38. The van der Waals surface area contributed by atoms with Gasteiger partial charge >= 0.3 is 5.69 Å². The first kappa shape index (κ1) is 24.7. The molecule has 0 aliphatic carbocycles. The number of hydrogen-bond acceptors (Lipinski definition) is 7. The average molecular weight is 475 g/mol. The van der Waals surface area contributed by atoms with Crippen molar-refractivity contribution in [3.05, 3.63) is 58.1 Å². The van der Waals surface area contributed by atoms with Gasteiger partial charge in [-0.15, -0.1) is 0 Å². The second-order valence-corrected chi connectivity index (χ2v) is 9.12. The maximum absolute atomic E-state index is 12.8. The molecule has 0 amide bonds. The van der Waals surface area contributed by atoms with Crippen LogP contribution in [-0.2, 0) is 7.05 Å². The predicted molar refractivity (Wildman–Crippen MR) is 138 cm³/mol. The minimum atomic E-state index is -0.311. The molecule has 1 aliphatic rings. The van der Waals surface area contributed by atoms with Crippen LogP contribution < -0.4 is 15.3 Å². The van der Waals surface area contributed by atoms with Crippen LogP contribution in [0.3, 0.4) is 0 Å². The molecule has 3 aromatic rings. The number of aromatic nitrogens is 3. The molecule has 1 aliphatic heterocycles. The van der Waals surface area contributed by atoms with Gasteiger partial charge in [0.2, 0.25) is 0 Å². The van der Waals surface area contributed by atoms with Crippen molar-refractivity contribution in [2.45, 2.75) is 58.2 Å². The first-order chi connectivity index (χ1) is 16.9. The number of piperazine rings is 1. The molecular formula is C27H34N6O2. The number of anilines is 1. The van der Waals surface area contributed by atoms with Gasteiger partial charge in [-0.3, -0.25) is 9.47 Å². The van der Waals surface area contributed by atoms with E-state index in [-0.39, 0.29) is 17.8 Å². The van der Waals surface area contributed by atoms with Crippen molar-refractivity contribution >= 4 is 16.9 Å². The Labute approximate surface area is 206 Å². The van der Waals surface area contributed by atoms with Crippen LogP contribution in [0.2, 0.25) is 0 Å². The summed E-state index contributed by atoms with van der Waals surface area (Å²) in [6.45, 7) is 8.22. The van der Waals surface area contributed by atoms with E-state index in [0.29, 0.717) is 28.6 Å². The number of ether oxygens (including phenoxy) is 1. The molecule has 4 rings (SSSR count). The van der Waals surface area contributed by atoms with Crippen molar-refractivity contribution in [2.24, 2.45) is 7.05 Å². The summed E-state index contributed by atoms with van der Waals surface area (Å²) >= 11 is 0. The molecule has 0 saturated carbocycles. The minimum Gasteiger partial charge on any atom is -0.497 e. The third kappa shape index (κ3) is 4.61. The molecule has 0 N–H and O–H groups in total. The highest BCUT2D eigenvalue weighted by molar-refractivity contribution is 5.86. The van der Waals surface area contributed by atoms with E-state index in [1.807, 2.05) is 12.1 Å². The van der Waals surface area contributed by atoms with Crippen LogP contribution in [0.5, 0.6) is 5.75 Å². The normalized spacial score (nSPS) is 19.5. The monoisotopic (exact) mass is 474 g/mol. The summed E-state index contributed by atoms with van der Waals surface area (Å²) in [6, 6.07) is 14.7. The fourth-order valence-corrected chi connectivity index (χ4v) is 5.29. The lowest BCUT2D eigenvalue weighted by Crippen LogP contribution is -2.59. The maximum atomic E-state index is 12.8. The van der Waals surface area contributed by atoms with E-state index in [4.69, 9.17) is 4.74 Å². The third-order valence-corrected chi connectivity index (χ3v) is 7.29. The van der Waals surface area contributed by atoms with Gasteiger partial charge in [0.15, 0.2) is 5.82 Å². The summed E-state index contributed by atoms with van der Waals surface area (Å²) in [4.78, 5) is 26.7. The minimum absolute atomic E-state index is 0.167. The van der Waals surface area contributed by atoms with Gasteiger partial charge in [0.25, 0.3) is 0 Å². The number of nitriles is 1. The number of rotatable bonds is 7. The number of methoxy groups -OCH3 is 1. The van der Waals surface area contributed by atoms with Crippen LogP contribution >= 0.6 is 0 Å². The molecule has 0 spiro atoms. The maximum Gasteiger partial charge on any atom is 0.349 e. The summed E-state index contributed by atoms with van der Waals surface area (Å²) in [5.74, 6) is 1.45. The Bertz CT molecular complexity index is 1280. The molecule has 1 saturated heterocycles. The summed E-state index contributed by atoms with van der Waals surface area (Å²) < 4.78 is 6.86. The lowest BCUT2D eigenvalue weighted by Gasteiger charge is -2.49. The number of nitrogens with zero attached hydrogens (tertiary/aromatic N) is 6. The zero-order valence-corrected chi connectivity index (χ0v) is 21.2. The van der Waals surface area contributed by atoms with Gasteiger partial charge in [-0.05, 0) is 49.1 Å². The van der Waals surface area contributed by atoms with Gasteiger partial charge in [-0.2, -0.15) is 10.2 Å². The van der Waals surface area contributed by atoms with Crippen LogP contribution in [0, 0.1) is 11.3 Å². The number of pyridine rings is 1.